The molecule has 2 fully saturated rings. The van der Waals surface area contributed by atoms with Crippen molar-refractivity contribution in [3.05, 3.63) is 33.9 Å². The van der Waals surface area contributed by atoms with Gasteiger partial charge in [-0.2, -0.15) is 0 Å². The number of amides is 1. The van der Waals surface area contributed by atoms with E-state index in [9.17, 15) is 33.4 Å². The molecule has 3 atom stereocenters. The second kappa shape index (κ2) is 22.3. The summed E-state index contributed by atoms with van der Waals surface area (Å²) in [7, 11) is -2.72. The Morgan fingerprint density at radius 2 is 1.69 bits per heavy atom. The van der Waals surface area contributed by atoms with Crippen molar-refractivity contribution in [3.63, 3.8) is 0 Å². The molecule has 2 aliphatic rings. The molecule has 1 aromatic carbocycles. The number of rotatable bonds is 18. The molecule has 20 heteroatoms. The van der Waals surface area contributed by atoms with Gasteiger partial charge in [-0.3, -0.25) is 18.7 Å². The first-order valence-corrected chi connectivity index (χ1v) is 20.2. The first-order chi connectivity index (χ1) is 26.3. The normalized spacial score (nSPS) is 16.6. The average Bonchev–Trinajstić information content (AvgIpc) is 4.02. The van der Waals surface area contributed by atoms with E-state index in [4.69, 9.17) is 32.8 Å². The van der Waals surface area contributed by atoms with Crippen molar-refractivity contribution in [2.75, 3.05) is 44.9 Å². The number of fused-ring (bicyclic) bond motifs is 1. The molecule has 1 saturated carbocycles. The molecule has 17 nitrogen and oxygen atoms in total. The topological polar surface area (TPSA) is 214 Å². The van der Waals surface area contributed by atoms with Gasteiger partial charge in [-0.15, -0.1) is 0 Å². The quantitative estimate of drug-likeness (QED) is 0.101. The highest BCUT2D eigenvalue weighted by atomic mass is 31.2. The Morgan fingerprint density at radius 3 is 2.20 bits per heavy atom. The summed E-state index contributed by atoms with van der Waals surface area (Å²) in [6.45, 7) is 11.6. The van der Waals surface area contributed by atoms with E-state index in [1.807, 2.05) is 27.4 Å². The standard InChI is InChI=1S/C33H46FN3O12P2.2CH2O/c1-6-15-46-51(44,47-16-7-2)27(50-43)10-8-9-26(38)48-21(4)49-33(42)36-14-13-35(18-20(36)3)29-25(34)17-23-28(31(29)45-5)37(22-11-12-22)19-24(30(23)39)32(40)41;2*1-2/h17,19-22,27H,6-16,18H2,1-5H3,(H,40,41);2*1H2. The second-order valence-electron chi connectivity index (χ2n) is 12.6. The predicted octanol–water partition coefficient (Wildman–Crippen LogP) is 6.18. The molecule has 1 saturated heterocycles. The Hall–Kier alpha value is -4.24. The van der Waals surface area contributed by atoms with Gasteiger partial charge in [0.25, 0.3) is 0 Å². The maximum absolute atomic E-state index is 15.8. The number of anilines is 1. The summed E-state index contributed by atoms with van der Waals surface area (Å²) in [5.41, 5.74) is -0.856. The van der Waals surface area contributed by atoms with Crippen LogP contribution in [0.15, 0.2) is 17.1 Å². The number of carboxylic acid groups (broad SMARTS) is 1. The summed E-state index contributed by atoms with van der Waals surface area (Å²) < 4.78 is 69.7. The van der Waals surface area contributed by atoms with Crippen LogP contribution < -0.4 is 15.1 Å². The van der Waals surface area contributed by atoms with Crippen LogP contribution >= 0.6 is 16.1 Å². The minimum atomic E-state index is -3.66. The van der Waals surface area contributed by atoms with E-state index in [2.05, 4.69) is 0 Å². The molecule has 4 rings (SSSR count). The first kappa shape index (κ1) is 46.9. The summed E-state index contributed by atoms with van der Waals surface area (Å²) in [6.07, 6.45) is 2.22. The summed E-state index contributed by atoms with van der Waals surface area (Å²) in [4.78, 5) is 69.6. The summed E-state index contributed by atoms with van der Waals surface area (Å²) in [6, 6.07) is 0.503. The summed E-state index contributed by atoms with van der Waals surface area (Å²) in [5, 5.41) is 8.56. The zero-order valence-corrected chi connectivity index (χ0v) is 33.5. The maximum Gasteiger partial charge on any atom is 0.413 e. The third kappa shape index (κ3) is 11.9. The number of benzene rings is 1. The molecular weight excluding hydrogens is 767 g/mol. The van der Waals surface area contributed by atoms with Crippen molar-refractivity contribution in [1.29, 1.82) is 0 Å². The van der Waals surface area contributed by atoms with Crippen LogP contribution in [0.3, 0.4) is 0 Å². The number of ether oxygens (including phenoxy) is 3. The lowest BCUT2D eigenvalue weighted by atomic mass is 10.1. The highest BCUT2D eigenvalue weighted by Gasteiger charge is 2.37. The van der Waals surface area contributed by atoms with Gasteiger partial charge in [0, 0.05) is 51.3 Å². The number of carbonyl (C=O) groups is 5. The van der Waals surface area contributed by atoms with E-state index >= 15 is 4.39 Å². The number of hydrogen-bond donors (Lipinski definition) is 1. The molecule has 1 amide bonds. The minimum Gasteiger partial charge on any atom is -0.492 e. The number of carbonyl (C=O) groups excluding carboxylic acids is 4. The molecule has 55 heavy (non-hydrogen) atoms. The molecule has 0 bridgehead atoms. The Labute approximate surface area is 320 Å². The van der Waals surface area contributed by atoms with Crippen molar-refractivity contribution >= 4 is 64.3 Å². The number of aromatic nitrogens is 1. The van der Waals surface area contributed by atoms with Gasteiger partial charge in [0.05, 0.1) is 31.2 Å². The second-order valence-corrected chi connectivity index (χ2v) is 16.0. The number of halogens is 1. The number of aromatic carboxylic acids is 1. The molecule has 306 valence electrons. The minimum absolute atomic E-state index is 0.0524. The fourth-order valence-electron chi connectivity index (χ4n) is 5.98. The van der Waals surface area contributed by atoms with E-state index in [0.29, 0.717) is 18.4 Å². The molecule has 0 spiro atoms. The van der Waals surface area contributed by atoms with Crippen LogP contribution in [0.1, 0.15) is 89.0 Å². The Bertz CT molecular complexity index is 1740. The molecular formula is C35H50FN3O14P2. The highest BCUT2D eigenvalue weighted by Crippen LogP contribution is 2.58. The average molecular weight is 818 g/mol. The largest absolute Gasteiger partial charge is 0.492 e. The highest BCUT2D eigenvalue weighted by molar-refractivity contribution is 7.63. The van der Waals surface area contributed by atoms with Crippen LogP contribution in [0, 0.1) is 5.82 Å². The zero-order chi connectivity index (χ0) is 41.5. The third-order valence-electron chi connectivity index (χ3n) is 8.60. The number of esters is 1. The van der Waals surface area contributed by atoms with Crippen LogP contribution in [0.25, 0.3) is 10.9 Å². The van der Waals surface area contributed by atoms with Gasteiger partial charge in [-0.05, 0) is 51.5 Å². The van der Waals surface area contributed by atoms with Gasteiger partial charge >= 0.3 is 25.6 Å². The fraction of sp³-hybridized carbons (Fsp3) is 0.600. The number of carboxylic acids is 1. The third-order valence-corrected chi connectivity index (χ3v) is 12.3. The van der Waals surface area contributed by atoms with Crippen LogP contribution in [-0.4, -0.2) is 104 Å². The predicted molar refractivity (Wildman–Crippen MR) is 200 cm³/mol. The van der Waals surface area contributed by atoms with E-state index in [-0.39, 0.29) is 75.0 Å². The molecule has 1 aliphatic carbocycles. The molecule has 0 radical (unpaired) electrons. The Morgan fingerprint density at radius 1 is 1.07 bits per heavy atom. The van der Waals surface area contributed by atoms with Gasteiger partial charge in [-0.1, -0.05) is 13.8 Å². The van der Waals surface area contributed by atoms with E-state index < -0.39 is 68.6 Å². The molecule has 1 N–H and O–H groups in total. The van der Waals surface area contributed by atoms with Crippen molar-refractivity contribution in [2.24, 2.45) is 0 Å². The van der Waals surface area contributed by atoms with Gasteiger partial charge in [0.2, 0.25) is 11.7 Å². The number of nitrogens with zero attached hydrogens (tertiary/aromatic N) is 3. The zero-order valence-electron chi connectivity index (χ0n) is 31.7. The van der Waals surface area contributed by atoms with Crippen molar-refractivity contribution < 1.29 is 65.9 Å². The smallest absolute Gasteiger partial charge is 0.413 e. The van der Waals surface area contributed by atoms with Crippen molar-refractivity contribution in [3.8, 4) is 5.75 Å². The molecule has 2 heterocycles. The molecule has 1 aliphatic heterocycles. The molecule has 1 aromatic heterocycles. The Balaban J connectivity index is 0.00000253. The number of pyridine rings is 1. The summed E-state index contributed by atoms with van der Waals surface area (Å²) in [5.74, 6) is -2.74. The number of piperazine rings is 1. The van der Waals surface area contributed by atoms with Crippen molar-refractivity contribution in [2.45, 2.75) is 96.4 Å². The number of hydrogen-bond acceptors (Lipinski definition) is 14. The molecule has 3 unspecified atom stereocenters. The summed E-state index contributed by atoms with van der Waals surface area (Å²) >= 11 is 0. The number of methoxy groups -OCH3 is 1. The lowest BCUT2D eigenvalue weighted by Gasteiger charge is -2.41. The lowest BCUT2D eigenvalue weighted by Crippen LogP contribution is -2.55. The van der Waals surface area contributed by atoms with Crippen LogP contribution in [0.2, 0.25) is 0 Å². The van der Waals surface area contributed by atoms with Crippen molar-refractivity contribution in [1.82, 2.24) is 9.47 Å². The van der Waals surface area contributed by atoms with Gasteiger partial charge in [-0.25, -0.2) is 14.0 Å². The molecule has 2 aromatic rings. The van der Waals surface area contributed by atoms with Crippen LogP contribution in [-0.2, 0) is 42.0 Å². The van der Waals surface area contributed by atoms with Gasteiger partial charge < -0.3 is 52.3 Å². The lowest BCUT2D eigenvalue weighted by molar-refractivity contribution is -0.166. The van der Waals surface area contributed by atoms with Crippen LogP contribution in [0.5, 0.6) is 5.75 Å². The monoisotopic (exact) mass is 817 g/mol. The van der Waals surface area contributed by atoms with Gasteiger partial charge in [0.15, 0.2) is 20.0 Å². The maximum atomic E-state index is 15.8. The fourth-order valence-corrected chi connectivity index (χ4v) is 8.92. The van der Waals surface area contributed by atoms with E-state index in [1.54, 1.807) is 16.4 Å². The van der Waals surface area contributed by atoms with E-state index in [0.717, 1.165) is 18.9 Å². The Kier molecular flexibility index (Phi) is 19.1. The van der Waals surface area contributed by atoms with Crippen LogP contribution in [0.4, 0.5) is 14.9 Å². The van der Waals surface area contributed by atoms with E-state index in [1.165, 1.54) is 25.1 Å². The van der Waals surface area contributed by atoms with Gasteiger partial charge in [0.1, 0.15) is 30.2 Å². The SMILES string of the molecule is C=O.C=O.CCCOP(=O)(OCCC)C(CCCC(=O)OC(C)OC(=O)N1CCN(c2c(F)cc3c(=O)c(C(=O)O)cn(C4CC4)c3c2OC)CC1C)P=O. The first-order valence-electron chi connectivity index (χ1n) is 17.7.